The summed E-state index contributed by atoms with van der Waals surface area (Å²) >= 11 is -17.2. The van der Waals surface area contributed by atoms with Crippen LogP contribution in [-0.2, 0) is 64.4 Å². The van der Waals surface area contributed by atoms with Crippen LogP contribution in [0.25, 0.3) is 0 Å². The van der Waals surface area contributed by atoms with Gasteiger partial charge in [-0.15, -0.1) is 0 Å². The van der Waals surface area contributed by atoms with Gasteiger partial charge in [0.1, 0.15) is 0 Å². The first kappa shape index (κ1) is 37.8. The molecule has 0 radical (unpaired) electrons. The van der Waals surface area contributed by atoms with Crippen LogP contribution < -0.4 is 27.6 Å². The summed E-state index contributed by atoms with van der Waals surface area (Å²) in [5, 5.41) is 0. The van der Waals surface area contributed by atoms with Crippen LogP contribution in [0.3, 0.4) is 0 Å². The zero-order valence-electron chi connectivity index (χ0n) is 7.90. The van der Waals surface area contributed by atoms with E-state index in [1.54, 1.807) is 0 Å². The van der Waals surface area contributed by atoms with Crippen LogP contribution in [0.2, 0.25) is 0 Å². The van der Waals surface area contributed by atoms with E-state index in [1.165, 1.54) is 0 Å². The number of hydrogen-bond donors (Lipinski definition) is 0. The summed E-state index contributed by atoms with van der Waals surface area (Å²) in [5.74, 6) is 0. The van der Waals surface area contributed by atoms with Crippen LogP contribution in [0, 0.1) is 0 Å². The van der Waals surface area contributed by atoms with Crippen molar-refractivity contribution in [2.24, 2.45) is 0 Å². The van der Waals surface area contributed by atoms with Crippen LogP contribution in [0.1, 0.15) is 0 Å². The predicted molar refractivity (Wildman–Crippen MR) is 25.8 cm³/mol. The molecule has 0 heterocycles. The fourth-order valence-corrected chi connectivity index (χ4v) is 0. The average molecular weight is 937 g/mol. The molecule has 0 unspecified atom stereocenters. The fourth-order valence-electron chi connectivity index (χ4n) is 0. The van der Waals surface area contributed by atoms with Crippen molar-refractivity contribution in [1.29, 1.82) is 0 Å². The molecule has 0 aliphatic heterocycles. The maximum Gasteiger partial charge on any atom is 4.00 e. The van der Waals surface area contributed by atoms with Gasteiger partial charge in [0.05, 0.1) is 0 Å². The molecule has 0 aromatic carbocycles. The molecule has 0 atom stereocenters. The Morgan fingerprint density at radius 3 is 0.444 bits per heavy atom. The van der Waals surface area contributed by atoms with Crippen molar-refractivity contribution in [3.05, 3.63) is 0 Å². The van der Waals surface area contributed by atoms with Gasteiger partial charge in [0.25, 0.3) is 0 Å². The molecule has 18 heteroatoms. The Morgan fingerprint density at radius 2 is 0.444 bits per heavy atom. The molecular weight excluding hydrogens is 937 g/mol. The fraction of sp³-hybridized carbons (Fsp3) is 0. The molecule has 0 amide bonds. The Morgan fingerprint density at radius 1 is 0.444 bits per heavy atom. The van der Waals surface area contributed by atoms with Gasteiger partial charge in [0, 0.05) is 0 Å². The minimum absolute atomic E-state index is 0. The second-order valence-electron chi connectivity index (χ2n) is 1.00. The minimum Gasteiger partial charge on any atom is 4.00 e. The van der Waals surface area contributed by atoms with E-state index in [-0.39, 0.29) is 52.0 Å². The molecule has 0 aliphatic carbocycles. The van der Waals surface area contributed by atoms with E-state index in [0.717, 1.165) is 0 Å². The topological polar surface area (TPSA) is 253 Å². The number of hydrogen-bond acceptors (Lipinski definition) is 12. The van der Waals surface area contributed by atoms with Crippen molar-refractivity contribution in [2.45, 2.75) is 0 Å². The van der Waals surface area contributed by atoms with Crippen LogP contribution in [-0.4, -0.2) is 82.3 Å². The van der Waals surface area contributed by atoms with Gasteiger partial charge >= 0.3 is 174 Å². The van der Waals surface area contributed by atoms with Gasteiger partial charge in [0.2, 0.25) is 0 Å². The summed E-state index contributed by atoms with van der Waals surface area (Å²) in [4.78, 5) is 0. The smallest absolute Gasteiger partial charge is 4.00 e. The third-order valence-corrected chi connectivity index (χ3v) is 0. The SMILES string of the molecule is [Hf+4].[O]=[Sn]([O-])[O-].[O]=[Sn]([O-])[O-].[O]=[Sn]([O-])[O-].[O]=[Sn]([O-])[O-].[Zr+4]. The minimum atomic E-state index is -4.29. The maximum absolute atomic E-state index is 8.61. The van der Waals surface area contributed by atoms with Crippen molar-refractivity contribution >= 4 is 82.3 Å². The summed E-state index contributed by atoms with van der Waals surface area (Å²) in [6.07, 6.45) is 0. The predicted octanol–water partition coefficient (Wildman–Crippen LogP) is -11.5. The molecule has 0 spiro atoms. The maximum atomic E-state index is 8.61. The Bertz CT molecular complexity index is 164. The van der Waals surface area contributed by atoms with Crippen molar-refractivity contribution in [1.82, 2.24) is 0 Å². The second-order valence-corrected chi connectivity index (χ2v) is 6.71. The molecule has 0 bridgehead atoms. The van der Waals surface area contributed by atoms with Crippen molar-refractivity contribution in [3.8, 4) is 0 Å². The molecule has 0 rings (SSSR count). The normalized spacial score (nSPS) is 5.78. The molecular formula is HfO12Sn4Zr. The van der Waals surface area contributed by atoms with E-state index in [4.69, 9.17) is 39.9 Å². The summed E-state index contributed by atoms with van der Waals surface area (Å²) in [7, 11) is 0. The zero-order valence-corrected chi connectivity index (χ0v) is 25.4. The van der Waals surface area contributed by atoms with Crippen molar-refractivity contribution in [3.63, 3.8) is 0 Å². The summed E-state index contributed by atoms with van der Waals surface area (Å²) in [6, 6.07) is 0. The summed E-state index contributed by atoms with van der Waals surface area (Å²) < 4.78 is 103. The van der Waals surface area contributed by atoms with E-state index >= 15 is 0 Å². The Labute approximate surface area is 170 Å². The van der Waals surface area contributed by atoms with Gasteiger partial charge in [-0.3, -0.25) is 0 Å². The van der Waals surface area contributed by atoms with E-state index in [2.05, 4.69) is 0 Å². The monoisotopic (exact) mass is 941 g/mol. The first-order valence-electron chi connectivity index (χ1n) is 2.45. The molecule has 0 N–H and O–H groups in total. The average Bonchev–Trinajstić information content (AvgIpc) is 1.76. The van der Waals surface area contributed by atoms with E-state index in [0.29, 0.717) is 0 Å². The van der Waals surface area contributed by atoms with Gasteiger partial charge in [0.15, 0.2) is 0 Å². The third-order valence-electron chi connectivity index (χ3n) is 0. The van der Waals surface area contributed by atoms with Crippen molar-refractivity contribution in [2.75, 3.05) is 0 Å². The quantitative estimate of drug-likeness (QED) is 0.206. The largest absolute Gasteiger partial charge is 4.00 e. The van der Waals surface area contributed by atoms with Gasteiger partial charge in [-0.2, -0.15) is 0 Å². The Kier molecular flexibility index (Phi) is 68.6. The molecule has 12 nitrogen and oxygen atoms in total. The standard InChI is InChI=1S/Hf.12O.4Sn.Zr/q+4;;;;;8*-1;;;;;+4. The second kappa shape index (κ2) is 32.7. The third kappa shape index (κ3) is 480. The molecule has 96 valence electrons. The van der Waals surface area contributed by atoms with Crippen LogP contribution in [0.15, 0.2) is 0 Å². The van der Waals surface area contributed by atoms with Crippen LogP contribution in [0.4, 0.5) is 0 Å². The molecule has 0 aliphatic rings. The molecule has 0 aromatic rings. The van der Waals surface area contributed by atoms with Gasteiger partial charge < -0.3 is 0 Å². The number of rotatable bonds is 0. The zero-order chi connectivity index (χ0) is 14.3. The summed E-state index contributed by atoms with van der Waals surface area (Å²) in [6.45, 7) is 0. The first-order chi connectivity index (χ1) is 6.93. The molecule has 0 saturated carbocycles. The Hall–Kier alpha value is 3.83. The first-order valence-corrected chi connectivity index (χ1v) is 16.4. The Balaban J connectivity index is -0.0000000257. The molecule has 0 saturated heterocycles. The van der Waals surface area contributed by atoms with Gasteiger partial charge in [-0.05, 0) is 0 Å². The van der Waals surface area contributed by atoms with Gasteiger partial charge in [-0.25, -0.2) is 0 Å². The van der Waals surface area contributed by atoms with E-state index in [1.807, 2.05) is 0 Å². The molecule has 18 heavy (non-hydrogen) atoms. The van der Waals surface area contributed by atoms with Gasteiger partial charge in [-0.1, -0.05) is 0 Å². The van der Waals surface area contributed by atoms with Crippen molar-refractivity contribution < 1.29 is 91.9 Å². The summed E-state index contributed by atoms with van der Waals surface area (Å²) in [5.41, 5.74) is 0. The molecule has 0 aromatic heterocycles. The van der Waals surface area contributed by atoms with E-state index in [9.17, 15) is 0 Å². The van der Waals surface area contributed by atoms with Crippen LogP contribution in [0.5, 0.6) is 0 Å². The molecule has 0 fully saturated rings. The van der Waals surface area contributed by atoms with Crippen LogP contribution >= 0.6 is 0 Å². The van der Waals surface area contributed by atoms with E-state index < -0.39 is 82.3 Å².